The van der Waals surface area contributed by atoms with E-state index in [-0.39, 0.29) is 5.56 Å². The van der Waals surface area contributed by atoms with Gasteiger partial charge in [-0.2, -0.15) is 0 Å². The lowest BCUT2D eigenvalue weighted by Gasteiger charge is -2.21. The van der Waals surface area contributed by atoms with Crippen LogP contribution in [-0.4, -0.2) is 53.6 Å². The van der Waals surface area contributed by atoms with Crippen LogP contribution in [0.25, 0.3) is 10.2 Å². The summed E-state index contributed by atoms with van der Waals surface area (Å²) in [4.78, 5) is 22.3. The second-order valence-corrected chi connectivity index (χ2v) is 8.87. The first kappa shape index (κ1) is 20.1. The number of rotatable bonds is 5. The van der Waals surface area contributed by atoms with Gasteiger partial charge >= 0.3 is 0 Å². The van der Waals surface area contributed by atoms with Crippen LogP contribution < -0.4 is 10.3 Å². The molecule has 0 spiro atoms. The molecule has 0 radical (unpaired) electrons. The molecule has 0 N–H and O–H groups in total. The highest BCUT2D eigenvalue weighted by Gasteiger charge is 2.19. The molecule has 29 heavy (non-hydrogen) atoms. The molecule has 0 saturated carbocycles. The Balaban J connectivity index is 1.54. The fourth-order valence-electron chi connectivity index (χ4n) is 4.00. The van der Waals surface area contributed by atoms with E-state index < -0.39 is 0 Å². The third kappa shape index (κ3) is 4.08. The quantitative estimate of drug-likeness (QED) is 0.645. The number of nitrogens with zero attached hydrogens (tertiary/aromatic N) is 4. The summed E-state index contributed by atoms with van der Waals surface area (Å²) < 4.78 is 8.18. The van der Waals surface area contributed by atoms with Gasteiger partial charge in [0.2, 0.25) is 0 Å². The van der Waals surface area contributed by atoms with E-state index in [4.69, 9.17) is 9.72 Å². The maximum Gasteiger partial charge on any atom is 0.271 e. The van der Waals surface area contributed by atoms with Crippen molar-refractivity contribution in [3.63, 3.8) is 0 Å². The molecule has 4 rings (SSSR count). The van der Waals surface area contributed by atoms with Crippen LogP contribution in [0.15, 0.2) is 28.4 Å². The maximum absolute atomic E-state index is 12.9. The number of benzene rings is 1. The Morgan fingerprint density at radius 1 is 1.24 bits per heavy atom. The number of hydrogen-bond donors (Lipinski definition) is 0. The molecule has 0 saturated heterocycles. The van der Waals surface area contributed by atoms with Crippen LogP contribution in [0.3, 0.4) is 0 Å². The zero-order chi connectivity index (χ0) is 20.5. The van der Waals surface area contributed by atoms with Gasteiger partial charge in [-0.15, -0.1) is 11.3 Å². The van der Waals surface area contributed by atoms with Crippen molar-refractivity contribution in [2.45, 2.75) is 33.0 Å². The smallest absolute Gasteiger partial charge is 0.271 e. The summed E-state index contributed by atoms with van der Waals surface area (Å²) in [5.74, 6) is 1.84. The molecule has 0 amide bonds. The minimum Gasteiger partial charge on any atom is -0.496 e. The molecule has 2 aromatic heterocycles. The molecule has 6 nitrogen and oxygen atoms in total. The normalized spacial score (nSPS) is 14.9. The Morgan fingerprint density at radius 2 is 2.07 bits per heavy atom. The molecule has 3 aromatic rings. The summed E-state index contributed by atoms with van der Waals surface area (Å²) in [6.45, 7) is 6.17. The molecule has 7 heteroatoms. The summed E-state index contributed by atoms with van der Waals surface area (Å²) >= 11 is 1.51. The minimum absolute atomic E-state index is 0.114. The van der Waals surface area contributed by atoms with Crippen molar-refractivity contribution >= 4 is 21.6 Å². The first-order valence-electron chi connectivity index (χ1n) is 9.96. The number of hydrogen-bond acceptors (Lipinski definition) is 6. The first-order chi connectivity index (χ1) is 14.0. The van der Waals surface area contributed by atoms with Gasteiger partial charge in [-0.05, 0) is 49.7 Å². The average molecular weight is 413 g/mol. The molecule has 3 heterocycles. The number of ether oxygens (including phenoxy) is 1. The predicted octanol–water partition coefficient (Wildman–Crippen LogP) is 2.89. The molecule has 0 aliphatic carbocycles. The monoisotopic (exact) mass is 412 g/mol. The van der Waals surface area contributed by atoms with E-state index in [1.54, 1.807) is 7.11 Å². The Hall–Kier alpha value is -2.22. The van der Waals surface area contributed by atoms with Crippen LogP contribution in [0.4, 0.5) is 0 Å². The number of thiophene rings is 1. The number of aromatic nitrogens is 2. The van der Waals surface area contributed by atoms with Gasteiger partial charge in [0, 0.05) is 44.7 Å². The molecular weight excluding hydrogens is 384 g/mol. The Morgan fingerprint density at radius 3 is 2.83 bits per heavy atom. The first-order valence-corrected chi connectivity index (χ1v) is 10.8. The van der Waals surface area contributed by atoms with Crippen LogP contribution >= 0.6 is 11.3 Å². The highest BCUT2D eigenvalue weighted by molar-refractivity contribution is 7.17. The molecule has 154 valence electrons. The third-order valence-corrected chi connectivity index (χ3v) is 6.54. The van der Waals surface area contributed by atoms with Crippen molar-refractivity contribution in [3.8, 4) is 5.75 Å². The van der Waals surface area contributed by atoms with E-state index in [2.05, 4.69) is 42.1 Å². The van der Waals surface area contributed by atoms with Gasteiger partial charge in [0.05, 0.1) is 12.6 Å². The fourth-order valence-corrected chi connectivity index (χ4v) is 4.94. The van der Waals surface area contributed by atoms with E-state index in [1.165, 1.54) is 22.5 Å². The van der Waals surface area contributed by atoms with E-state index in [9.17, 15) is 4.79 Å². The molecule has 1 aromatic carbocycles. The van der Waals surface area contributed by atoms with E-state index in [0.29, 0.717) is 6.54 Å². The second kappa shape index (κ2) is 8.26. The standard InChI is InChI=1S/C22H28N4O2S/c1-15-14-29-21-20(15)23-19-7-8-25(9-10-26(19)22(21)27)12-16-5-6-18(28-4)17(11-16)13-24(2)3/h5-6,11,14H,7-10,12-13H2,1-4H3. The number of methoxy groups -OCH3 is 1. The molecule has 0 unspecified atom stereocenters. The maximum atomic E-state index is 12.9. The van der Waals surface area contributed by atoms with Gasteiger partial charge in [0.1, 0.15) is 16.3 Å². The zero-order valence-electron chi connectivity index (χ0n) is 17.6. The summed E-state index contributed by atoms with van der Waals surface area (Å²) in [6, 6.07) is 6.43. The van der Waals surface area contributed by atoms with Crippen LogP contribution in [-0.2, 0) is 26.1 Å². The summed E-state index contributed by atoms with van der Waals surface area (Å²) in [5.41, 5.74) is 4.55. The Bertz CT molecular complexity index is 1090. The second-order valence-electron chi connectivity index (χ2n) is 7.99. The topological polar surface area (TPSA) is 50.6 Å². The van der Waals surface area contributed by atoms with Gasteiger partial charge in [-0.3, -0.25) is 14.3 Å². The lowest BCUT2D eigenvalue weighted by molar-refractivity contribution is 0.271. The molecule has 1 aliphatic heterocycles. The van der Waals surface area contributed by atoms with Gasteiger partial charge in [-0.25, -0.2) is 4.98 Å². The molecule has 0 fully saturated rings. The Kier molecular flexibility index (Phi) is 5.72. The van der Waals surface area contributed by atoms with E-state index >= 15 is 0 Å². The molecule has 0 bridgehead atoms. The SMILES string of the molecule is COc1ccc(CN2CCc3nc4c(C)csc4c(=O)n3CC2)cc1CN(C)C. The lowest BCUT2D eigenvalue weighted by Crippen LogP contribution is -2.28. The zero-order valence-corrected chi connectivity index (χ0v) is 18.4. The summed E-state index contributed by atoms with van der Waals surface area (Å²) in [5, 5.41) is 2.03. The summed E-state index contributed by atoms with van der Waals surface area (Å²) in [7, 11) is 5.85. The predicted molar refractivity (Wildman–Crippen MR) is 118 cm³/mol. The summed E-state index contributed by atoms with van der Waals surface area (Å²) in [6.07, 6.45) is 0.793. The van der Waals surface area contributed by atoms with Crippen molar-refractivity contribution < 1.29 is 4.74 Å². The molecular formula is C22H28N4O2S. The molecule has 1 aliphatic rings. The highest BCUT2D eigenvalue weighted by Crippen LogP contribution is 2.24. The van der Waals surface area contributed by atoms with Crippen molar-refractivity contribution in [2.75, 3.05) is 34.3 Å². The minimum atomic E-state index is 0.114. The lowest BCUT2D eigenvalue weighted by atomic mass is 10.1. The highest BCUT2D eigenvalue weighted by atomic mass is 32.1. The largest absolute Gasteiger partial charge is 0.496 e. The molecule has 0 atom stereocenters. The third-order valence-electron chi connectivity index (χ3n) is 5.46. The van der Waals surface area contributed by atoms with Gasteiger partial charge in [0.25, 0.3) is 5.56 Å². The van der Waals surface area contributed by atoms with Crippen LogP contribution in [0.5, 0.6) is 5.75 Å². The Labute approximate surface area is 175 Å². The van der Waals surface area contributed by atoms with E-state index in [0.717, 1.165) is 60.0 Å². The van der Waals surface area contributed by atoms with Crippen molar-refractivity contribution in [1.82, 2.24) is 19.4 Å². The van der Waals surface area contributed by atoms with Crippen molar-refractivity contribution in [3.05, 3.63) is 56.4 Å². The number of fused-ring (bicyclic) bond motifs is 2. The average Bonchev–Trinajstić information content (AvgIpc) is 2.93. The van der Waals surface area contributed by atoms with Crippen LogP contribution in [0.2, 0.25) is 0 Å². The van der Waals surface area contributed by atoms with Crippen molar-refractivity contribution in [2.24, 2.45) is 0 Å². The van der Waals surface area contributed by atoms with Gasteiger partial charge in [-0.1, -0.05) is 6.07 Å². The van der Waals surface area contributed by atoms with Crippen molar-refractivity contribution in [1.29, 1.82) is 0 Å². The number of aryl methyl sites for hydroxylation is 1. The fraction of sp³-hybridized carbons (Fsp3) is 0.455. The van der Waals surface area contributed by atoms with Gasteiger partial charge < -0.3 is 9.64 Å². The van der Waals surface area contributed by atoms with Crippen LogP contribution in [0, 0.1) is 6.92 Å². The van der Waals surface area contributed by atoms with Crippen LogP contribution in [0.1, 0.15) is 22.5 Å². The van der Waals surface area contributed by atoms with Gasteiger partial charge in [0.15, 0.2) is 0 Å². The van der Waals surface area contributed by atoms with E-state index in [1.807, 2.05) is 16.9 Å².